The van der Waals surface area contributed by atoms with Crippen molar-refractivity contribution in [3.05, 3.63) is 42.5 Å². The maximum Gasteiger partial charge on any atom is 0.277 e. The normalized spacial score (nSPS) is 17.0. The van der Waals surface area contributed by atoms with Crippen LogP contribution in [-0.2, 0) is 9.59 Å². The number of benzene rings is 2. The summed E-state index contributed by atoms with van der Waals surface area (Å²) in [5, 5.41) is 13.6. The second-order valence-corrected chi connectivity index (χ2v) is 8.22. The second-order valence-electron chi connectivity index (χ2n) is 7.29. The predicted octanol–water partition coefficient (Wildman–Crippen LogP) is 2.96. The minimum absolute atomic E-state index is 0.0483. The summed E-state index contributed by atoms with van der Waals surface area (Å²) in [6.45, 7) is 4.87. The van der Waals surface area contributed by atoms with Crippen LogP contribution in [0.5, 0.6) is 0 Å². The molecule has 2 heterocycles. The van der Waals surface area contributed by atoms with Crippen molar-refractivity contribution in [2.45, 2.75) is 25.1 Å². The van der Waals surface area contributed by atoms with Gasteiger partial charge in [0.25, 0.3) is 5.22 Å². The zero-order valence-electron chi connectivity index (χ0n) is 16.3. The van der Waals surface area contributed by atoms with E-state index in [0.717, 1.165) is 16.3 Å². The molecule has 1 atom stereocenters. The highest BCUT2D eigenvalue weighted by atomic mass is 32.2. The first kappa shape index (κ1) is 19.4. The number of rotatable bonds is 5. The molecular weight excluding hydrogens is 388 g/mol. The molecule has 150 valence electrons. The van der Waals surface area contributed by atoms with Crippen LogP contribution in [0.15, 0.2) is 52.1 Å². The van der Waals surface area contributed by atoms with E-state index >= 15 is 0 Å². The number of aromatic nitrogens is 2. The third-order valence-corrected chi connectivity index (χ3v) is 5.73. The summed E-state index contributed by atoms with van der Waals surface area (Å²) < 4.78 is 5.74. The van der Waals surface area contributed by atoms with E-state index in [0.29, 0.717) is 24.2 Å². The summed E-state index contributed by atoms with van der Waals surface area (Å²) in [4.78, 5) is 26.5. The number of amides is 2. The fraction of sp³-hybridized carbons (Fsp3) is 0.333. The van der Waals surface area contributed by atoms with E-state index in [1.54, 1.807) is 4.90 Å². The molecule has 1 N–H and O–H groups in total. The van der Waals surface area contributed by atoms with Crippen molar-refractivity contribution in [1.82, 2.24) is 20.4 Å². The minimum atomic E-state index is -0.437. The molecule has 2 amide bonds. The van der Waals surface area contributed by atoms with Gasteiger partial charge in [-0.05, 0) is 28.8 Å². The largest absolute Gasteiger partial charge is 0.411 e. The van der Waals surface area contributed by atoms with E-state index in [-0.39, 0.29) is 23.5 Å². The summed E-state index contributed by atoms with van der Waals surface area (Å²) in [6, 6.07) is 13.6. The smallest absolute Gasteiger partial charge is 0.277 e. The minimum Gasteiger partial charge on any atom is -0.411 e. The van der Waals surface area contributed by atoms with Crippen LogP contribution in [0.3, 0.4) is 0 Å². The standard InChI is InChI=1S/C21H22N4O3S/c1-13(2)18-19(27)22-9-10-25(18)17(26)12-29-21-24-23-20(28-21)16-8-7-14-5-3-4-6-15(14)11-16/h3-8,11,13,18H,9-10,12H2,1-2H3,(H,22,27). The maximum absolute atomic E-state index is 12.7. The van der Waals surface area contributed by atoms with Crippen LogP contribution in [0.4, 0.5) is 0 Å². The highest BCUT2D eigenvalue weighted by Gasteiger charge is 2.35. The lowest BCUT2D eigenvalue weighted by molar-refractivity contribution is -0.143. The van der Waals surface area contributed by atoms with E-state index in [1.165, 1.54) is 11.8 Å². The summed E-state index contributed by atoms with van der Waals surface area (Å²) in [5.41, 5.74) is 0.835. The van der Waals surface area contributed by atoms with E-state index in [9.17, 15) is 9.59 Å². The molecule has 2 aromatic carbocycles. The third kappa shape index (κ3) is 4.12. The lowest BCUT2D eigenvalue weighted by Gasteiger charge is -2.37. The number of hydrogen-bond donors (Lipinski definition) is 1. The second kappa shape index (κ2) is 8.24. The van der Waals surface area contributed by atoms with Crippen LogP contribution in [-0.4, -0.2) is 51.8 Å². The number of carbonyl (C=O) groups is 2. The summed E-state index contributed by atoms with van der Waals surface area (Å²) in [7, 11) is 0. The average molecular weight is 410 g/mol. The molecule has 0 bridgehead atoms. The van der Waals surface area contributed by atoms with Gasteiger partial charge in [-0.2, -0.15) is 0 Å². The Labute approximate surface area is 172 Å². The Morgan fingerprint density at radius 2 is 2.03 bits per heavy atom. The van der Waals surface area contributed by atoms with Gasteiger partial charge in [0, 0.05) is 18.7 Å². The van der Waals surface area contributed by atoms with Crippen molar-refractivity contribution in [2.75, 3.05) is 18.8 Å². The number of nitrogens with zero attached hydrogens (tertiary/aromatic N) is 3. The lowest BCUT2D eigenvalue weighted by atomic mass is 10.00. The van der Waals surface area contributed by atoms with Crippen LogP contribution in [0.1, 0.15) is 13.8 Å². The van der Waals surface area contributed by atoms with Gasteiger partial charge in [0.2, 0.25) is 17.7 Å². The van der Waals surface area contributed by atoms with Crippen molar-refractivity contribution >= 4 is 34.3 Å². The Balaban J connectivity index is 1.43. The first-order chi connectivity index (χ1) is 14.0. The van der Waals surface area contributed by atoms with Crippen LogP contribution in [0.25, 0.3) is 22.2 Å². The van der Waals surface area contributed by atoms with E-state index in [1.807, 2.05) is 56.3 Å². The van der Waals surface area contributed by atoms with Gasteiger partial charge in [0.15, 0.2) is 0 Å². The molecule has 1 aliphatic heterocycles. The monoisotopic (exact) mass is 410 g/mol. The molecule has 1 fully saturated rings. The van der Waals surface area contributed by atoms with Crippen molar-refractivity contribution in [2.24, 2.45) is 5.92 Å². The molecule has 7 nitrogen and oxygen atoms in total. The number of carbonyl (C=O) groups excluding carboxylic acids is 2. The summed E-state index contributed by atoms with van der Waals surface area (Å²) in [6.07, 6.45) is 0. The van der Waals surface area contributed by atoms with Crippen LogP contribution in [0, 0.1) is 5.92 Å². The molecule has 0 spiro atoms. The molecule has 3 aromatic rings. The molecule has 1 aromatic heterocycles. The van der Waals surface area contributed by atoms with E-state index < -0.39 is 6.04 Å². The van der Waals surface area contributed by atoms with Gasteiger partial charge < -0.3 is 14.6 Å². The van der Waals surface area contributed by atoms with Gasteiger partial charge in [-0.1, -0.05) is 55.9 Å². The SMILES string of the molecule is CC(C)C1C(=O)NCCN1C(=O)CSc1nnc(-c2ccc3ccccc3c2)o1. The van der Waals surface area contributed by atoms with Crippen LogP contribution < -0.4 is 5.32 Å². The Morgan fingerprint density at radius 3 is 2.83 bits per heavy atom. The fourth-order valence-corrected chi connectivity index (χ4v) is 4.19. The molecular formula is C21H22N4O3S. The van der Waals surface area contributed by atoms with Crippen molar-refractivity contribution in [3.8, 4) is 11.5 Å². The summed E-state index contributed by atoms with van der Waals surface area (Å²) in [5.74, 6) is 0.417. The molecule has 8 heteroatoms. The third-order valence-electron chi connectivity index (χ3n) is 4.93. The Hall–Kier alpha value is -2.87. The fourth-order valence-electron chi connectivity index (χ4n) is 3.54. The molecule has 1 aliphatic rings. The van der Waals surface area contributed by atoms with Crippen molar-refractivity contribution in [3.63, 3.8) is 0 Å². The van der Waals surface area contributed by atoms with E-state index in [2.05, 4.69) is 15.5 Å². The zero-order chi connectivity index (χ0) is 20.4. The molecule has 4 rings (SSSR count). The van der Waals surface area contributed by atoms with Crippen molar-refractivity contribution in [1.29, 1.82) is 0 Å². The first-order valence-electron chi connectivity index (χ1n) is 9.55. The highest BCUT2D eigenvalue weighted by Crippen LogP contribution is 2.27. The number of hydrogen-bond acceptors (Lipinski definition) is 6. The Bertz CT molecular complexity index is 1050. The van der Waals surface area contributed by atoms with Crippen molar-refractivity contribution < 1.29 is 14.0 Å². The predicted molar refractivity (Wildman–Crippen MR) is 111 cm³/mol. The number of thioether (sulfide) groups is 1. The van der Waals surface area contributed by atoms with E-state index in [4.69, 9.17) is 4.42 Å². The number of piperazine rings is 1. The summed E-state index contributed by atoms with van der Waals surface area (Å²) >= 11 is 1.19. The van der Waals surface area contributed by atoms with Gasteiger partial charge in [0.1, 0.15) is 6.04 Å². The topological polar surface area (TPSA) is 88.3 Å². The van der Waals surface area contributed by atoms with Crippen LogP contribution >= 0.6 is 11.8 Å². The molecule has 0 saturated carbocycles. The zero-order valence-corrected chi connectivity index (χ0v) is 17.1. The number of fused-ring (bicyclic) bond motifs is 1. The molecule has 1 unspecified atom stereocenters. The van der Waals surface area contributed by atoms with Gasteiger partial charge in [-0.25, -0.2) is 0 Å². The van der Waals surface area contributed by atoms with Gasteiger partial charge in [0.05, 0.1) is 5.75 Å². The van der Waals surface area contributed by atoms with Gasteiger partial charge >= 0.3 is 0 Å². The molecule has 1 saturated heterocycles. The number of nitrogens with one attached hydrogen (secondary N) is 1. The van der Waals surface area contributed by atoms with Crippen LogP contribution in [0.2, 0.25) is 0 Å². The highest BCUT2D eigenvalue weighted by molar-refractivity contribution is 7.99. The quantitative estimate of drug-likeness (QED) is 0.651. The maximum atomic E-state index is 12.7. The Kier molecular flexibility index (Phi) is 5.53. The lowest BCUT2D eigenvalue weighted by Crippen LogP contribution is -2.59. The molecule has 29 heavy (non-hydrogen) atoms. The molecule has 0 aliphatic carbocycles. The Morgan fingerprint density at radius 1 is 1.24 bits per heavy atom. The van der Waals surface area contributed by atoms with Gasteiger partial charge in [-0.3, -0.25) is 9.59 Å². The molecule has 0 radical (unpaired) electrons. The van der Waals surface area contributed by atoms with Gasteiger partial charge in [-0.15, -0.1) is 10.2 Å². The first-order valence-corrected chi connectivity index (χ1v) is 10.5. The average Bonchev–Trinajstić information content (AvgIpc) is 3.20.